The van der Waals surface area contributed by atoms with Gasteiger partial charge in [-0.1, -0.05) is 6.92 Å². The highest BCUT2D eigenvalue weighted by molar-refractivity contribution is 9.10. The largest absolute Gasteiger partial charge is 0.309 e. The maximum absolute atomic E-state index is 3.73. The first-order valence-corrected chi connectivity index (χ1v) is 9.14. The van der Waals surface area contributed by atoms with Crippen LogP contribution < -0.4 is 5.32 Å². The van der Waals surface area contributed by atoms with Crippen LogP contribution in [0.25, 0.3) is 0 Å². The first-order valence-electron chi connectivity index (χ1n) is 7.46. The van der Waals surface area contributed by atoms with Crippen molar-refractivity contribution in [3.8, 4) is 0 Å². The second-order valence-electron chi connectivity index (χ2n) is 5.77. The van der Waals surface area contributed by atoms with Gasteiger partial charge in [-0.25, -0.2) is 0 Å². The van der Waals surface area contributed by atoms with E-state index in [1.165, 1.54) is 41.8 Å². The molecule has 0 aliphatic carbocycles. The number of thiophene rings is 1. The van der Waals surface area contributed by atoms with Crippen molar-refractivity contribution in [2.75, 3.05) is 40.3 Å². The molecule has 5 heteroatoms. The Labute approximate surface area is 135 Å². The van der Waals surface area contributed by atoms with Gasteiger partial charge in [0, 0.05) is 41.1 Å². The van der Waals surface area contributed by atoms with Crippen molar-refractivity contribution in [3.63, 3.8) is 0 Å². The lowest BCUT2D eigenvalue weighted by Gasteiger charge is -2.39. The van der Waals surface area contributed by atoms with Crippen molar-refractivity contribution >= 4 is 27.3 Å². The lowest BCUT2D eigenvalue weighted by molar-refractivity contribution is 0.101. The Morgan fingerprint density at radius 1 is 1.45 bits per heavy atom. The maximum Gasteiger partial charge on any atom is 0.0441 e. The van der Waals surface area contributed by atoms with E-state index in [1.807, 2.05) is 11.3 Å². The molecule has 0 aromatic carbocycles. The number of piperazine rings is 1. The molecular weight excluding hydrogens is 334 g/mol. The second-order valence-corrected chi connectivity index (χ2v) is 7.57. The molecule has 1 aliphatic heterocycles. The molecule has 3 nitrogen and oxygen atoms in total. The number of hydrogen-bond acceptors (Lipinski definition) is 4. The average Bonchev–Trinajstić information content (AvgIpc) is 2.84. The molecule has 2 rings (SSSR count). The third-order valence-corrected chi connectivity index (χ3v) is 6.07. The first-order chi connectivity index (χ1) is 9.61. The van der Waals surface area contributed by atoms with Gasteiger partial charge in [0.25, 0.3) is 0 Å². The van der Waals surface area contributed by atoms with Crippen molar-refractivity contribution in [1.82, 2.24) is 15.1 Å². The van der Waals surface area contributed by atoms with Gasteiger partial charge in [0.2, 0.25) is 0 Å². The average molecular weight is 360 g/mol. The Hall–Kier alpha value is 0.0600. The van der Waals surface area contributed by atoms with E-state index in [1.54, 1.807) is 0 Å². The Balaban J connectivity index is 2.05. The zero-order chi connectivity index (χ0) is 14.5. The van der Waals surface area contributed by atoms with Gasteiger partial charge in [-0.15, -0.1) is 11.3 Å². The van der Waals surface area contributed by atoms with Gasteiger partial charge in [-0.2, -0.15) is 0 Å². The molecule has 2 atom stereocenters. The highest BCUT2D eigenvalue weighted by Gasteiger charge is 2.27. The van der Waals surface area contributed by atoms with Crippen molar-refractivity contribution in [3.05, 3.63) is 20.8 Å². The predicted molar refractivity (Wildman–Crippen MR) is 91.6 cm³/mol. The van der Waals surface area contributed by atoms with Crippen LogP contribution in [0.2, 0.25) is 0 Å². The monoisotopic (exact) mass is 359 g/mol. The summed E-state index contributed by atoms with van der Waals surface area (Å²) in [4.78, 5) is 6.41. The van der Waals surface area contributed by atoms with Gasteiger partial charge in [-0.3, -0.25) is 0 Å². The van der Waals surface area contributed by atoms with Crippen molar-refractivity contribution in [1.29, 1.82) is 0 Å². The van der Waals surface area contributed by atoms with Crippen LogP contribution in [0.1, 0.15) is 30.7 Å². The standard InChI is InChI=1S/C15H26BrN3S/c1-4-6-17-14(15-13(16)5-9-20-15)10-12-11-18(2)7-8-19(12)3/h5,9,12,14,17H,4,6-8,10-11H2,1-3H3. The highest BCUT2D eigenvalue weighted by Crippen LogP contribution is 2.32. The molecule has 2 unspecified atom stereocenters. The van der Waals surface area contributed by atoms with E-state index < -0.39 is 0 Å². The summed E-state index contributed by atoms with van der Waals surface area (Å²) in [5.74, 6) is 0. The SMILES string of the molecule is CCCNC(CC1CN(C)CCN1C)c1sccc1Br. The van der Waals surface area contributed by atoms with Gasteiger partial charge in [0.1, 0.15) is 0 Å². The lowest BCUT2D eigenvalue weighted by atomic mass is 10.0. The molecule has 1 aromatic heterocycles. The van der Waals surface area contributed by atoms with Crippen LogP contribution in [-0.4, -0.2) is 56.1 Å². The Bertz CT molecular complexity index is 410. The molecule has 114 valence electrons. The van der Waals surface area contributed by atoms with Crippen LogP contribution in [0.15, 0.2) is 15.9 Å². The van der Waals surface area contributed by atoms with Crippen LogP contribution in [0, 0.1) is 0 Å². The maximum atomic E-state index is 3.73. The lowest BCUT2D eigenvalue weighted by Crippen LogP contribution is -2.51. The van der Waals surface area contributed by atoms with Gasteiger partial charge in [-0.05, 0) is 60.9 Å². The Kier molecular flexibility index (Phi) is 6.49. The summed E-state index contributed by atoms with van der Waals surface area (Å²) in [6.45, 7) is 6.84. The summed E-state index contributed by atoms with van der Waals surface area (Å²) in [6.07, 6.45) is 2.36. The third kappa shape index (κ3) is 4.28. The summed E-state index contributed by atoms with van der Waals surface area (Å²) < 4.78 is 1.25. The van der Waals surface area contributed by atoms with Gasteiger partial charge < -0.3 is 15.1 Å². The fraction of sp³-hybridized carbons (Fsp3) is 0.733. The Morgan fingerprint density at radius 3 is 2.90 bits per heavy atom. The number of hydrogen-bond donors (Lipinski definition) is 1. The zero-order valence-corrected chi connectivity index (χ0v) is 15.1. The number of nitrogens with one attached hydrogen (secondary N) is 1. The fourth-order valence-electron chi connectivity index (χ4n) is 2.78. The molecule has 1 fully saturated rings. The minimum atomic E-state index is 0.461. The number of nitrogens with zero attached hydrogens (tertiary/aromatic N) is 2. The second kappa shape index (κ2) is 7.90. The topological polar surface area (TPSA) is 18.5 Å². The third-order valence-electron chi connectivity index (χ3n) is 4.09. The number of likely N-dealkylation sites (N-methyl/N-ethyl adjacent to an activating group) is 2. The van der Waals surface area contributed by atoms with Gasteiger partial charge >= 0.3 is 0 Å². The van der Waals surface area contributed by atoms with E-state index in [-0.39, 0.29) is 0 Å². The van der Waals surface area contributed by atoms with E-state index >= 15 is 0 Å². The quantitative estimate of drug-likeness (QED) is 0.841. The van der Waals surface area contributed by atoms with Crippen LogP contribution in [-0.2, 0) is 0 Å². The van der Waals surface area contributed by atoms with E-state index in [0.717, 1.165) is 6.54 Å². The number of halogens is 1. The molecule has 20 heavy (non-hydrogen) atoms. The van der Waals surface area contributed by atoms with E-state index in [4.69, 9.17) is 0 Å². The predicted octanol–water partition coefficient (Wildman–Crippen LogP) is 3.19. The summed E-state index contributed by atoms with van der Waals surface area (Å²) >= 11 is 5.55. The Morgan fingerprint density at radius 2 is 2.25 bits per heavy atom. The van der Waals surface area contributed by atoms with Crippen LogP contribution in [0.4, 0.5) is 0 Å². The highest BCUT2D eigenvalue weighted by atomic mass is 79.9. The minimum absolute atomic E-state index is 0.461. The molecule has 0 spiro atoms. The first kappa shape index (κ1) is 16.4. The molecule has 1 saturated heterocycles. The smallest absolute Gasteiger partial charge is 0.0441 e. The van der Waals surface area contributed by atoms with Crippen molar-refractivity contribution < 1.29 is 0 Å². The van der Waals surface area contributed by atoms with E-state index in [2.05, 4.69) is 63.5 Å². The van der Waals surface area contributed by atoms with Crippen LogP contribution in [0.5, 0.6) is 0 Å². The molecule has 0 bridgehead atoms. The van der Waals surface area contributed by atoms with Crippen molar-refractivity contribution in [2.24, 2.45) is 0 Å². The van der Waals surface area contributed by atoms with E-state index in [0.29, 0.717) is 12.1 Å². The van der Waals surface area contributed by atoms with Gasteiger partial charge in [0.15, 0.2) is 0 Å². The summed E-state index contributed by atoms with van der Waals surface area (Å²) in [6, 6.07) is 3.26. The molecule has 0 radical (unpaired) electrons. The minimum Gasteiger partial charge on any atom is -0.309 e. The molecule has 1 aliphatic rings. The molecule has 2 heterocycles. The summed E-state index contributed by atoms with van der Waals surface area (Å²) in [7, 11) is 4.49. The fourth-order valence-corrected chi connectivity index (χ4v) is 4.52. The molecule has 1 aromatic rings. The summed E-state index contributed by atoms with van der Waals surface area (Å²) in [5.41, 5.74) is 0. The molecular formula is C15H26BrN3S. The van der Waals surface area contributed by atoms with E-state index in [9.17, 15) is 0 Å². The van der Waals surface area contributed by atoms with Crippen LogP contribution >= 0.6 is 27.3 Å². The van der Waals surface area contributed by atoms with Crippen molar-refractivity contribution in [2.45, 2.75) is 31.8 Å². The molecule has 0 amide bonds. The summed E-state index contributed by atoms with van der Waals surface area (Å²) in [5, 5.41) is 5.91. The van der Waals surface area contributed by atoms with Gasteiger partial charge in [0.05, 0.1) is 0 Å². The zero-order valence-electron chi connectivity index (χ0n) is 12.7. The van der Waals surface area contributed by atoms with Crippen LogP contribution in [0.3, 0.4) is 0 Å². The molecule has 1 N–H and O–H groups in total. The normalized spacial score (nSPS) is 23.1. The number of rotatable bonds is 6. The molecule has 0 saturated carbocycles.